The summed E-state index contributed by atoms with van der Waals surface area (Å²) >= 11 is 0. The second kappa shape index (κ2) is 4.62. The summed E-state index contributed by atoms with van der Waals surface area (Å²) in [6, 6.07) is 5.34. The number of carboxylic acids is 1. The van der Waals surface area contributed by atoms with Crippen LogP contribution in [0.15, 0.2) is 18.2 Å². The number of aromatic carboxylic acids is 1. The molecule has 2 atom stereocenters. The van der Waals surface area contributed by atoms with Crippen molar-refractivity contribution in [3.8, 4) is 0 Å². The van der Waals surface area contributed by atoms with E-state index in [4.69, 9.17) is 0 Å². The number of carboxylic acid groups (broad SMARTS) is 1. The van der Waals surface area contributed by atoms with E-state index >= 15 is 0 Å². The first-order valence-corrected chi connectivity index (χ1v) is 7.21. The maximum absolute atomic E-state index is 11.5. The van der Waals surface area contributed by atoms with E-state index in [9.17, 15) is 9.90 Å². The summed E-state index contributed by atoms with van der Waals surface area (Å²) in [7, 11) is 0. The Kier molecular flexibility index (Phi) is 3.04. The van der Waals surface area contributed by atoms with Crippen molar-refractivity contribution in [2.45, 2.75) is 39.7 Å². The Bertz CT molecular complexity index is 672. The van der Waals surface area contributed by atoms with E-state index in [-0.39, 0.29) is 5.92 Å². The second-order valence-corrected chi connectivity index (χ2v) is 6.19. The third-order valence-corrected chi connectivity index (χ3v) is 4.24. The molecule has 1 heterocycles. The molecule has 0 aliphatic heterocycles. The van der Waals surface area contributed by atoms with Crippen LogP contribution in [0.1, 0.15) is 49.3 Å². The highest BCUT2D eigenvalue weighted by Gasteiger charge is 2.34. The number of aromatic nitrogens is 2. The molecule has 1 aromatic heterocycles. The molecule has 1 aromatic carbocycles. The minimum atomic E-state index is -0.879. The van der Waals surface area contributed by atoms with Crippen molar-refractivity contribution in [3.63, 3.8) is 0 Å². The fraction of sp³-hybridized carbons (Fsp3) is 0.500. The van der Waals surface area contributed by atoms with Crippen LogP contribution < -0.4 is 0 Å². The second-order valence-electron chi connectivity index (χ2n) is 6.19. The Morgan fingerprint density at radius 2 is 2.20 bits per heavy atom. The lowest BCUT2D eigenvalue weighted by molar-refractivity contribution is 0.0698. The van der Waals surface area contributed by atoms with Crippen molar-refractivity contribution >= 4 is 17.0 Å². The number of rotatable bonds is 4. The third kappa shape index (κ3) is 2.09. The zero-order valence-corrected chi connectivity index (χ0v) is 12.1. The fourth-order valence-corrected chi connectivity index (χ4v) is 2.89. The van der Waals surface area contributed by atoms with Crippen LogP contribution in [0.4, 0.5) is 0 Å². The summed E-state index contributed by atoms with van der Waals surface area (Å²) in [5.41, 5.74) is 1.93. The molecular formula is C16H20N2O2. The van der Waals surface area contributed by atoms with Crippen molar-refractivity contribution in [1.29, 1.82) is 0 Å². The summed E-state index contributed by atoms with van der Waals surface area (Å²) < 4.78 is 2.14. The highest BCUT2D eigenvalue weighted by Crippen LogP contribution is 2.40. The number of para-hydroxylation sites is 1. The summed E-state index contributed by atoms with van der Waals surface area (Å²) in [4.78, 5) is 16.1. The average molecular weight is 272 g/mol. The van der Waals surface area contributed by atoms with Gasteiger partial charge in [-0.25, -0.2) is 9.78 Å². The van der Waals surface area contributed by atoms with Gasteiger partial charge in [-0.3, -0.25) is 0 Å². The van der Waals surface area contributed by atoms with Crippen LogP contribution in [0.2, 0.25) is 0 Å². The van der Waals surface area contributed by atoms with Gasteiger partial charge in [0.25, 0.3) is 0 Å². The van der Waals surface area contributed by atoms with E-state index in [0.717, 1.165) is 29.3 Å². The first-order valence-electron chi connectivity index (χ1n) is 7.21. The molecule has 4 heteroatoms. The van der Waals surface area contributed by atoms with Crippen molar-refractivity contribution in [2.75, 3.05) is 0 Å². The molecule has 0 saturated heterocycles. The van der Waals surface area contributed by atoms with Crippen LogP contribution in [0, 0.1) is 11.8 Å². The van der Waals surface area contributed by atoms with E-state index in [0.29, 0.717) is 11.5 Å². The Morgan fingerprint density at radius 1 is 1.50 bits per heavy atom. The maximum Gasteiger partial charge on any atom is 0.337 e. The molecule has 1 N–H and O–H groups in total. The topological polar surface area (TPSA) is 55.1 Å². The van der Waals surface area contributed by atoms with Gasteiger partial charge >= 0.3 is 5.97 Å². The molecule has 1 fully saturated rings. The summed E-state index contributed by atoms with van der Waals surface area (Å²) in [6.45, 7) is 7.34. The van der Waals surface area contributed by atoms with Gasteiger partial charge in [0.15, 0.2) is 0 Å². The predicted octanol–water partition coefficient (Wildman–Crippen LogP) is 3.51. The summed E-state index contributed by atoms with van der Waals surface area (Å²) in [6.07, 6.45) is 1.23. The molecule has 20 heavy (non-hydrogen) atoms. The van der Waals surface area contributed by atoms with Gasteiger partial charge in [-0.2, -0.15) is 0 Å². The molecule has 0 radical (unpaired) electrons. The van der Waals surface area contributed by atoms with Crippen molar-refractivity contribution < 1.29 is 9.90 Å². The maximum atomic E-state index is 11.5. The zero-order valence-electron chi connectivity index (χ0n) is 12.1. The predicted molar refractivity (Wildman–Crippen MR) is 78.1 cm³/mol. The minimum Gasteiger partial charge on any atom is -0.478 e. The number of fused-ring (bicyclic) bond motifs is 1. The average Bonchev–Trinajstić information content (AvgIpc) is 2.95. The molecular weight excluding hydrogens is 252 g/mol. The minimum absolute atomic E-state index is 0.290. The standard InChI is InChI=1S/C16H20N2O2/c1-9(2)15-17-13-6-4-5-12(16(19)20)14(13)18(15)8-11-7-10(11)3/h4-6,9-11H,7-8H2,1-3H3,(H,19,20). The molecule has 0 amide bonds. The molecule has 3 rings (SSSR count). The van der Waals surface area contributed by atoms with Gasteiger partial charge in [0.1, 0.15) is 5.82 Å². The van der Waals surface area contributed by atoms with E-state index in [2.05, 4.69) is 30.3 Å². The van der Waals surface area contributed by atoms with E-state index < -0.39 is 5.97 Å². The molecule has 0 bridgehead atoms. The highest BCUT2D eigenvalue weighted by molar-refractivity contribution is 6.01. The van der Waals surface area contributed by atoms with Gasteiger partial charge in [-0.05, 0) is 30.4 Å². The van der Waals surface area contributed by atoms with Crippen LogP contribution in [-0.2, 0) is 6.54 Å². The van der Waals surface area contributed by atoms with E-state index in [1.165, 1.54) is 6.42 Å². The first kappa shape index (κ1) is 13.2. The normalized spacial score (nSPS) is 21.6. The number of hydrogen-bond donors (Lipinski definition) is 1. The molecule has 2 unspecified atom stereocenters. The Labute approximate surface area is 118 Å². The third-order valence-electron chi connectivity index (χ3n) is 4.24. The van der Waals surface area contributed by atoms with Gasteiger partial charge in [-0.15, -0.1) is 0 Å². The van der Waals surface area contributed by atoms with Crippen LogP contribution in [0.25, 0.3) is 11.0 Å². The quantitative estimate of drug-likeness (QED) is 0.926. The SMILES string of the molecule is CC(C)c1nc2cccc(C(=O)O)c2n1CC1CC1C. The van der Waals surface area contributed by atoms with Gasteiger partial charge in [-0.1, -0.05) is 26.8 Å². The largest absolute Gasteiger partial charge is 0.478 e. The number of imidazole rings is 1. The lowest BCUT2D eigenvalue weighted by Crippen LogP contribution is -2.10. The molecule has 106 valence electrons. The summed E-state index contributed by atoms with van der Waals surface area (Å²) in [5.74, 6) is 1.80. The van der Waals surface area contributed by atoms with Crippen LogP contribution >= 0.6 is 0 Å². The molecule has 1 saturated carbocycles. The van der Waals surface area contributed by atoms with Crippen molar-refractivity contribution in [3.05, 3.63) is 29.6 Å². The first-order chi connectivity index (χ1) is 9.49. The van der Waals surface area contributed by atoms with Gasteiger partial charge < -0.3 is 9.67 Å². The number of benzene rings is 1. The number of nitrogens with zero attached hydrogens (tertiary/aromatic N) is 2. The zero-order chi connectivity index (χ0) is 14.4. The van der Waals surface area contributed by atoms with Crippen LogP contribution in [-0.4, -0.2) is 20.6 Å². The monoisotopic (exact) mass is 272 g/mol. The molecule has 2 aromatic rings. The van der Waals surface area contributed by atoms with Crippen LogP contribution in [0.3, 0.4) is 0 Å². The number of hydrogen-bond acceptors (Lipinski definition) is 2. The van der Waals surface area contributed by atoms with Gasteiger partial charge in [0.05, 0.1) is 16.6 Å². The molecule has 0 spiro atoms. The molecule has 1 aliphatic rings. The van der Waals surface area contributed by atoms with Crippen molar-refractivity contribution in [1.82, 2.24) is 9.55 Å². The molecule has 4 nitrogen and oxygen atoms in total. The summed E-state index contributed by atoms with van der Waals surface area (Å²) in [5, 5.41) is 9.42. The fourth-order valence-electron chi connectivity index (χ4n) is 2.89. The Morgan fingerprint density at radius 3 is 2.75 bits per heavy atom. The molecule has 1 aliphatic carbocycles. The van der Waals surface area contributed by atoms with Gasteiger partial charge in [0.2, 0.25) is 0 Å². The Hall–Kier alpha value is -1.84. The highest BCUT2D eigenvalue weighted by atomic mass is 16.4. The number of carbonyl (C=O) groups is 1. The van der Waals surface area contributed by atoms with E-state index in [1.54, 1.807) is 12.1 Å². The smallest absolute Gasteiger partial charge is 0.337 e. The Balaban J connectivity index is 2.20. The lowest BCUT2D eigenvalue weighted by Gasteiger charge is -2.12. The van der Waals surface area contributed by atoms with Crippen LogP contribution in [0.5, 0.6) is 0 Å². The lowest BCUT2D eigenvalue weighted by atomic mass is 10.1. The van der Waals surface area contributed by atoms with Gasteiger partial charge in [0, 0.05) is 12.5 Å². The van der Waals surface area contributed by atoms with E-state index in [1.807, 2.05) is 6.07 Å². The van der Waals surface area contributed by atoms with Crippen molar-refractivity contribution in [2.24, 2.45) is 11.8 Å².